The van der Waals surface area contributed by atoms with E-state index >= 15 is 4.39 Å². The highest BCUT2D eigenvalue weighted by atomic mass is 28.4. The second-order valence-electron chi connectivity index (χ2n) is 12.5. The van der Waals surface area contributed by atoms with Gasteiger partial charge in [0.25, 0.3) is 0 Å². The van der Waals surface area contributed by atoms with Crippen molar-refractivity contribution in [3.05, 3.63) is 78.5 Å². The Hall–Kier alpha value is -3.74. The van der Waals surface area contributed by atoms with E-state index in [9.17, 15) is 14.7 Å². The van der Waals surface area contributed by atoms with Crippen LogP contribution in [0.25, 0.3) is 0 Å². The first-order valence-electron chi connectivity index (χ1n) is 14.3. The van der Waals surface area contributed by atoms with Gasteiger partial charge in [-0.25, -0.2) is 14.4 Å². The Balaban J connectivity index is 1.49. The minimum atomic E-state index is -2.30. The number of ketones is 1. The SMILES string of the molecule is C=CC(=O)N(C)c1cccc(Cn2ccc(C(=O)c3cncnc3N[C@@H]3C[C@H](CO)[C@@H](O[Si](C)(C)C(C)(C)C)[C@@H]3F)n2)c1. The summed E-state index contributed by atoms with van der Waals surface area (Å²) in [7, 11) is -0.626. The fourth-order valence-electron chi connectivity index (χ4n) is 4.88. The predicted octanol–water partition coefficient (Wildman–Crippen LogP) is 4.62. The quantitative estimate of drug-likeness (QED) is 0.184. The lowest BCUT2D eigenvalue weighted by Gasteiger charge is -2.40. The number of alkyl halides is 1. The molecule has 4 rings (SSSR count). The smallest absolute Gasteiger partial charge is 0.250 e. The first-order chi connectivity index (χ1) is 20.3. The topological polar surface area (TPSA) is 122 Å². The number of likely N-dealkylation sites (N-methyl/N-ethyl adjacent to an activating group) is 1. The van der Waals surface area contributed by atoms with Gasteiger partial charge in [0.15, 0.2) is 8.32 Å². The first kappa shape index (κ1) is 32.2. The minimum absolute atomic E-state index is 0.113. The summed E-state index contributed by atoms with van der Waals surface area (Å²) in [6.45, 7) is 14.1. The van der Waals surface area contributed by atoms with E-state index in [0.29, 0.717) is 18.7 Å². The third-order valence-corrected chi connectivity index (χ3v) is 13.0. The van der Waals surface area contributed by atoms with Crippen LogP contribution in [-0.2, 0) is 15.8 Å². The molecular formula is C31H41FN6O4Si. The monoisotopic (exact) mass is 608 g/mol. The van der Waals surface area contributed by atoms with Crippen molar-refractivity contribution >= 4 is 31.5 Å². The zero-order valence-electron chi connectivity index (χ0n) is 25.6. The largest absolute Gasteiger partial charge is 0.411 e. The van der Waals surface area contributed by atoms with Gasteiger partial charge in [-0.3, -0.25) is 14.3 Å². The lowest BCUT2D eigenvalue weighted by Crippen LogP contribution is -2.48. The molecule has 1 amide bonds. The Morgan fingerprint density at radius 1 is 1.30 bits per heavy atom. The van der Waals surface area contributed by atoms with Gasteiger partial charge in [-0.1, -0.05) is 39.5 Å². The fraction of sp³-hybridized carbons (Fsp3) is 0.452. The molecule has 0 spiro atoms. The van der Waals surface area contributed by atoms with Crippen LogP contribution >= 0.6 is 0 Å². The van der Waals surface area contributed by atoms with Crippen LogP contribution in [0.15, 0.2) is 61.7 Å². The van der Waals surface area contributed by atoms with Crippen LogP contribution in [0, 0.1) is 5.92 Å². The molecule has 1 fully saturated rings. The van der Waals surface area contributed by atoms with Gasteiger partial charge in [-0.2, -0.15) is 5.10 Å². The Morgan fingerprint density at radius 2 is 2.05 bits per heavy atom. The first-order valence-corrected chi connectivity index (χ1v) is 17.2. The predicted molar refractivity (Wildman–Crippen MR) is 166 cm³/mol. The Bertz CT molecular complexity index is 1470. The lowest BCUT2D eigenvalue weighted by atomic mass is 10.1. The molecule has 0 unspecified atom stereocenters. The van der Waals surface area contributed by atoms with Crippen LogP contribution in [0.1, 0.15) is 48.8 Å². The van der Waals surface area contributed by atoms with Crippen LogP contribution in [0.5, 0.6) is 0 Å². The fourth-order valence-corrected chi connectivity index (χ4v) is 6.24. The molecule has 0 saturated heterocycles. The maximum atomic E-state index is 15.9. The van der Waals surface area contributed by atoms with E-state index in [1.807, 2.05) is 24.3 Å². The highest BCUT2D eigenvalue weighted by molar-refractivity contribution is 6.74. The van der Waals surface area contributed by atoms with Gasteiger partial charge >= 0.3 is 0 Å². The third-order valence-electron chi connectivity index (χ3n) is 8.49. The number of nitrogens with zero attached hydrogens (tertiary/aromatic N) is 5. The number of carbonyl (C=O) groups is 2. The molecule has 0 bridgehead atoms. The standard InChI is InChI=1S/C31H41FN6O4Si/c1-8-26(40)37(5)22-11-9-10-20(14-22)17-38-13-12-24(36-38)28(41)23-16-33-19-34-30(23)35-25-15-21(18-39)29(27(25)32)42-43(6,7)31(2,3)4/h8-14,16,19,21,25,27,29,39H,1,15,17-18H2,2-7H3,(H,33,34,35)/t21-,25-,27-,29-/m1/s1. The number of amides is 1. The van der Waals surface area contributed by atoms with E-state index in [4.69, 9.17) is 4.43 Å². The molecule has 43 heavy (non-hydrogen) atoms. The minimum Gasteiger partial charge on any atom is -0.411 e. The molecule has 1 aliphatic carbocycles. The second kappa shape index (κ2) is 12.9. The van der Waals surface area contributed by atoms with Gasteiger partial charge in [0.05, 0.1) is 24.3 Å². The normalized spacial score (nSPS) is 20.6. The van der Waals surface area contributed by atoms with Crippen LogP contribution in [0.3, 0.4) is 0 Å². The van der Waals surface area contributed by atoms with Gasteiger partial charge in [0.2, 0.25) is 11.7 Å². The van der Waals surface area contributed by atoms with Gasteiger partial charge in [-0.15, -0.1) is 0 Å². The average Bonchev–Trinajstić information content (AvgIpc) is 3.55. The summed E-state index contributed by atoms with van der Waals surface area (Å²) in [5.74, 6) is -0.810. The average molecular weight is 609 g/mol. The summed E-state index contributed by atoms with van der Waals surface area (Å²) < 4.78 is 23.9. The van der Waals surface area contributed by atoms with Gasteiger partial charge < -0.3 is 19.7 Å². The molecule has 0 aliphatic heterocycles. The Kier molecular flexibility index (Phi) is 9.62. The maximum absolute atomic E-state index is 15.9. The van der Waals surface area contributed by atoms with E-state index in [1.165, 1.54) is 23.5 Å². The molecule has 10 nitrogen and oxygen atoms in total. The molecule has 3 aromatic rings. The number of aromatic nitrogens is 4. The summed E-state index contributed by atoms with van der Waals surface area (Å²) in [4.78, 5) is 35.3. The van der Waals surface area contributed by atoms with E-state index in [2.05, 4.69) is 60.8 Å². The molecule has 230 valence electrons. The van der Waals surface area contributed by atoms with E-state index < -0.39 is 32.4 Å². The van der Waals surface area contributed by atoms with Gasteiger partial charge in [-0.05, 0) is 54.4 Å². The summed E-state index contributed by atoms with van der Waals surface area (Å²) in [6.07, 6.45) is 3.81. The van der Waals surface area contributed by atoms with Crippen LogP contribution in [-0.4, -0.2) is 76.8 Å². The third kappa shape index (κ3) is 7.08. The number of nitrogens with one attached hydrogen (secondary N) is 1. The zero-order valence-corrected chi connectivity index (χ0v) is 26.6. The summed E-state index contributed by atoms with van der Waals surface area (Å²) in [5, 5.41) is 17.5. The van der Waals surface area contributed by atoms with E-state index in [0.717, 1.165) is 5.56 Å². The van der Waals surface area contributed by atoms with Crippen molar-refractivity contribution < 1.29 is 23.5 Å². The van der Waals surface area contributed by atoms with Crippen LogP contribution < -0.4 is 10.2 Å². The highest BCUT2D eigenvalue weighted by Gasteiger charge is 2.49. The van der Waals surface area contributed by atoms with Crippen molar-refractivity contribution in [1.29, 1.82) is 0 Å². The molecule has 1 saturated carbocycles. The molecule has 1 aromatic carbocycles. The summed E-state index contributed by atoms with van der Waals surface area (Å²) in [5.41, 5.74) is 1.95. The number of hydrogen-bond acceptors (Lipinski definition) is 8. The van der Waals surface area contributed by atoms with Crippen molar-refractivity contribution in [3.8, 4) is 0 Å². The van der Waals surface area contributed by atoms with Crippen molar-refractivity contribution in [2.75, 3.05) is 23.9 Å². The molecule has 0 radical (unpaired) electrons. The number of hydrogen-bond donors (Lipinski definition) is 2. The number of rotatable bonds is 11. The number of aliphatic hydroxyl groups excluding tert-OH is 1. The van der Waals surface area contributed by atoms with Crippen LogP contribution in [0.2, 0.25) is 18.1 Å². The molecular weight excluding hydrogens is 567 g/mol. The number of anilines is 2. The summed E-state index contributed by atoms with van der Waals surface area (Å²) in [6, 6.07) is 8.34. The molecule has 2 N–H and O–H groups in total. The van der Waals surface area contributed by atoms with Crippen molar-refractivity contribution in [2.45, 2.75) is 70.2 Å². The Labute approximate surface area is 253 Å². The van der Waals surface area contributed by atoms with E-state index in [-0.39, 0.29) is 40.5 Å². The molecule has 2 heterocycles. The van der Waals surface area contributed by atoms with Gasteiger partial charge in [0, 0.05) is 37.7 Å². The van der Waals surface area contributed by atoms with Crippen LogP contribution in [0.4, 0.5) is 15.9 Å². The number of halogens is 1. The maximum Gasteiger partial charge on any atom is 0.250 e. The zero-order chi connectivity index (χ0) is 31.5. The van der Waals surface area contributed by atoms with Gasteiger partial charge in [0.1, 0.15) is 24.0 Å². The van der Waals surface area contributed by atoms with Crippen molar-refractivity contribution in [3.63, 3.8) is 0 Å². The lowest BCUT2D eigenvalue weighted by molar-refractivity contribution is -0.113. The Morgan fingerprint density at radius 3 is 2.72 bits per heavy atom. The van der Waals surface area contributed by atoms with E-state index in [1.54, 1.807) is 24.0 Å². The highest BCUT2D eigenvalue weighted by Crippen LogP contribution is 2.42. The summed E-state index contributed by atoms with van der Waals surface area (Å²) >= 11 is 0. The second-order valence-corrected chi connectivity index (χ2v) is 17.3. The molecule has 1 aliphatic rings. The number of carbonyl (C=O) groups excluding carboxylic acids is 2. The molecule has 2 aromatic heterocycles. The van der Waals surface area contributed by atoms with Crippen molar-refractivity contribution in [1.82, 2.24) is 19.7 Å². The molecule has 12 heteroatoms. The van der Waals surface area contributed by atoms with Crippen molar-refractivity contribution in [2.24, 2.45) is 5.92 Å². The number of aliphatic hydroxyl groups is 1. The molecule has 4 atom stereocenters. The number of benzene rings is 1.